The van der Waals surface area contributed by atoms with Crippen LogP contribution >= 0.6 is 0 Å². The number of piperidine rings is 1. The van der Waals surface area contributed by atoms with Crippen LogP contribution in [-0.2, 0) is 7.05 Å². The van der Waals surface area contributed by atoms with E-state index in [-0.39, 0.29) is 11.9 Å². The predicted molar refractivity (Wildman–Crippen MR) is 69.6 cm³/mol. The smallest absolute Gasteiger partial charge is 0.270 e. The van der Waals surface area contributed by atoms with Gasteiger partial charge < -0.3 is 9.47 Å². The molecular weight excluding hydrogens is 242 g/mol. The molecule has 6 nitrogen and oxygen atoms in total. The Labute approximate surface area is 111 Å². The van der Waals surface area contributed by atoms with Gasteiger partial charge in [-0.15, -0.1) is 0 Å². The minimum atomic E-state index is 0.0947. The average Bonchev–Trinajstić information content (AvgIpc) is 3.09. The van der Waals surface area contributed by atoms with Crippen LogP contribution in [-0.4, -0.2) is 43.2 Å². The van der Waals surface area contributed by atoms with Crippen LogP contribution in [0.1, 0.15) is 29.4 Å². The van der Waals surface area contributed by atoms with Crippen molar-refractivity contribution in [2.24, 2.45) is 7.05 Å². The molecule has 3 heterocycles. The molecular formula is C13H17N5O. The molecule has 0 saturated carbocycles. The summed E-state index contributed by atoms with van der Waals surface area (Å²) in [6, 6.07) is 3.99. The van der Waals surface area contributed by atoms with Gasteiger partial charge in [0.1, 0.15) is 18.3 Å². The van der Waals surface area contributed by atoms with Gasteiger partial charge in [-0.25, -0.2) is 9.67 Å². The van der Waals surface area contributed by atoms with Gasteiger partial charge in [0, 0.05) is 26.3 Å². The van der Waals surface area contributed by atoms with E-state index in [9.17, 15) is 4.79 Å². The summed E-state index contributed by atoms with van der Waals surface area (Å²) in [5.41, 5.74) is 0.735. The first-order valence-electron chi connectivity index (χ1n) is 6.50. The highest BCUT2D eigenvalue weighted by molar-refractivity contribution is 5.92. The molecule has 2 aromatic heterocycles. The Morgan fingerprint density at radius 2 is 2.37 bits per heavy atom. The van der Waals surface area contributed by atoms with E-state index < -0.39 is 0 Å². The maximum Gasteiger partial charge on any atom is 0.270 e. The number of carbonyl (C=O) groups excluding carboxylic acids is 1. The van der Waals surface area contributed by atoms with Crippen molar-refractivity contribution in [1.29, 1.82) is 0 Å². The lowest BCUT2D eigenvalue weighted by molar-refractivity contribution is 0.0663. The quantitative estimate of drug-likeness (QED) is 0.811. The van der Waals surface area contributed by atoms with Crippen LogP contribution in [0.3, 0.4) is 0 Å². The Bertz CT molecular complexity index is 559. The number of hydrogen-bond acceptors (Lipinski definition) is 3. The van der Waals surface area contributed by atoms with Gasteiger partial charge in [-0.05, 0) is 25.0 Å². The predicted octanol–water partition coefficient (Wildman–Crippen LogP) is 1.09. The second kappa shape index (κ2) is 4.87. The highest BCUT2D eigenvalue weighted by Crippen LogP contribution is 2.21. The van der Waals surface area contributed by atoms with E-state index >= 15 is 0 Å². The van der Waals surface area contributed by atoms with Crippen LogP contribution in [0.2, 0.25) is 0 Å². The monoisotopic (exact) mass is 259 g/mol. The number of amides is 1. The van der Waals surface area contributed by atoms with Gasteiger partial charge in [-0.3, -0.25) is 4.79 Å². The Balaban J connectivity index is 1.75. The van der Waals surface area contributed by atoms with Crippen LogP contribution in [0.15, 0.2) is 31.0 Å². The summed E-state index contributed by atoms with van der Waals surface area (Å²) in [6.45, 7) is 1.52. The zero-order chi connectivity index (χ0) is 13.2. The van der Waals surface area contributed by atoms with E-state index in [4.69, 9.17) is 0 Å². The SMILES string of the molecule is Cn1cccc1C(=O)N1CCC[C@@H](n2cncn2)C1. The number of aryl methyl sites for hydroxylation is 1. The van der Waals surface area contributed by atoms with Crippen LogP contribution in [0.4, 0.5) is 0 Å². The molecule has 3 rings (SSSR count). The van der Waals surface area contributed by atoms with Gasteiger partial charge in [0.2, 0.25) is 0 Å². The molecule has 1 aliphatic rings. The number of likely N-dealkylation sites (tertiary alicyclic amines) is 1. The second-order valence-corrected chi connectivity index (χ2v) is 4.93. The van der Waals surface area contributed by atoms with Crippen LogP contribution in [0.25, 0.3) is 0 Å². The third kappa shape index (κ3) is 2.25. The summed E-state index contributed by atoms with van der Waals surface area (Å²) >= 11 is 0. The van der Waals surface area contributed by atoms with E-state index in [0.717, 1.165) is 25.1 Å². The van der Waals surface area contributed by atoms with Crippen molar-refractivity contribution in [1.82, 2.24) is 24.2 Å². The highest BCUT2D eigenvalue weighted by Gasteiger charge is 2.26. The topological polar surface area (TPSA) is 56.0 Å². The third-order valence-electron chi connectivity index (χ3n) is 3.66. The summed E-state index contributed by atoms with van der Waals surface area (Å²) in [5.74, 6) is 0.0947. The number of carbonyl (C=O) groups is 1. The molecule has 6 heteroatoms. The number of nitrogens with zero attached hydrogens (tertiary/aromatic N) is 5. The molecule has 100 valence electrons. The molecule has 0 aromatic carbocycles. The Kier molecular flexibility index (Phi) is 3.06. The molecule has 1 aliphatic heterocycles. The lowest BCUT2D eigenvalue weighted by atomic mass is 10.1. The van der Waals surface area contributed by atoms with Crippen molar-refractivity contribution in [2.45, 2.75) is 18.9 Å². The van der Waals surface area contributed by atoms with E-state index in [0.29, 0.717) is 6.54 Å². The minimum absolute atomic E-state index is 0.0947. The normalized spacial score (nSPS) is 19.6. The summed E-state index contributed by atoms with van der Waals surface area (Å²) in [5, 5.41) is 4.18. The molecule has 19 heavy (non-hydrogen) atoms. The lowest BCUT2D eigenvalue weighted by Crippen LogP contribution is -2.41. The van der Waals surface area contributed by atoms with Crippen LogP contribution in [0.5, 0.6) is 0 Å². The number of hydrogen-bond donors (Lipinski definition) is 0. The molecule has 1 fully saturated rings. The first-order valence-corrected chi connectivity index (χ1v) is 6.50. The minimum Gasteiger partial charge on any atom is -0.347 e. The fraction of sp³-hybridized carbons (Fsp3) is 0.462. The Hall–Kier alpha value is -2.11. The van der Waals surface area contributed by atoms with Crippen LogP contribution < -0.4 is 0 Å². The largest absolute Gasteiger partial charge is 0.347 e. The molecule has 0 bridgehead atoms. The van der Waals surface area contributed by atoms with E-state index in [2.05, 4.69) is 10.1 Å². The maximum absolute atomic E-state index is 12.5. The summed E-state index contributed by atoms with van der Waals surface area (Å²) in [4.78, 5) is 18.3. The van der Waals surface area contributed by atoms with Gasteiger partial charge in [0.15, 0.2) is 0 Å². The molecule has 0 unspecified atom stereocenters. The summed E-state index contributed by atoms with van der Waals surface area (Å²) in [6.07, 6.45) is 7.20. The van der Waals surface area contributed by atoms with Crippen molar-refractivity contribution in [3.63, 3.8) is 0 Å². The molecule has 0 aliphatic carbocycles. The Morgan fingerprint density at radius 3 is 3.05 bits per heavy atom. The van der Waals surface area contributed by atoms with Gasteiger partial charge in [-0.1, -0.05) is 0 Å². The van der Waals surface area contributed by atoms with E-state index in [1.807, 2.05) is 39.5 Å². The third-order valence-corrected chi connectivity index (χ3v) is 3.66. The molecule has 0 spiro atoms. The standard InChI is InChI=1S/C13H17N5O/c1-16-6-3-5-12(16)13(19)17-7-2-4-11(8-17)18-10-14-9-15-18/h3,5-6,9-11H,2,4,7-8H2,1H3/t11-/m1/s1. The van der Waals surface area contributed by atoms with E-state index in [1.165, 1.54) is 6.33 Å². The zero-order valence-corrected chi connectivity index (χ0v) is 10.9. The van der Waals surface area contributed by atoms with Gasteiger partial charge in [0.25, 0.3) is 5.91 Å². The van der Waals surface area contributed by atoms with Crippen molar-refractivity contribution in [3.8, 4) is 0 Å². The first kappa shape index (κ1) is 12.0. The second-order valence-electron chi connectivity index (χ2n) is 4.93. The number of aromatic nitrogens is 4. The fourth-order valence-corrected chi connectivity index (χ4v) is 2.61. The summed E-state index contributed by atoms with van der Waals surface area (Å²) in [7, 11) is 1.89. The average molecular weight is 259 g/mol. The molecule has 1 saturated heterocycles. The maximum atomic E-state index is 12.5. The lowest BCUT2D eigenvalue weighted by Gasteiger charge is -2.32. The summed E-state index contributed by atoms with van der Waals surface area (Å²) < 4.78 is 3.71. The van der Waals surface area contributed by atoms with Gasteiger partial charge in [-0.2, -0.15) is 5.10 Å². The van der Waals surface area contributed by atoms with Crippen molar-refractivity contribution < 1.29 is 4.79 Å². The molecule has 0 radical (unpaired) electrons. The van der Waals surface area contributed by atoms with Crippen molar-refractivity contribution >= 4 is 5.91 Å². The molecule has 2 aromatic rings. The highest BCUT2D eigenvalue weighted by atomic mass is 16.2. The Morgan fingerprint density at radius 1 is 1.47 bits per heavy atom. The molecule has 1 amide bonds. The number of rotatable bonds is 2. The first-order chi connectivity index (χ1) is 9.25. The molecule has 0 N–H and O–H groups in total. The van der Waals surface area contributed by atoms with Gasteiger partial charge >= 0.3 is 0 Å². The fourth-order valence-electron chi connectivity index (χ4n) is 2.61. The van der Waals surface area contributed by atoms with Gasteiger partial charge in [0.05, 0.1) is 6.04 Å². The molecule has 1 atom stereocenters. The van der Waals surface area contributed by atoms with Crippen LogP contribution in [0, 0.1) is 0 Å². The zero-order valence-electron chi connectivity index (χ0n) is 10.9. The van der Waals surface area contributed by atoms with Crippen molar-refractivity contribution in [3.05, 3.63) is 36.7 Å². The van der Waals surface area contributed by atoms with Crippen molar-refractivity contribution in [2.75, 3.05) is 13.1 Å². The van der Waals surface area contributed by atoms with E-state index in [1.54, 1.807) is 6.33 Å².